The van der Waals surface area contributed by atoms with Crippen LogP contribution < -0.4 is 4.90 Å². The van der Waals surface area contributed by atoms with Crippen LogP contribution in [0.5, 0.6) is 0 Å². The maximum atomic E-state index is 11.5. The van der Waals surface area contributed by atoms with Crippen molar-refractivity contribution in [2.24, 2.45) is 0 Å². The van der Waals surface area contributed by atoms with Crippen molar-refractivity contribution in [2.75, 3.05) is 31.1 Å². The van der Waals surface area contributed by atoms with E-state index in [0.29, 0.717) is 5.56 Å². The maximum Gasteiger partial charge on any atom is 0.335 e. The fourth-order valence-electron chi connectivity index (χ4n) is 3.67. The number of hydrogen-bond donors (Lipinski definition) is 1. The number of nitrogens with zero attached hydrogens (tertiary/aromatic N) is 3. The molecule has 4 rings (SSSR count). The highest BCUT2D eigenvalue weighted by molar-refractivity contribution is 5.89. The van der Waals surface area contributed by atoms with Crippen LogP contribution >= 0.6 is 0 Å². The van der Waals surface area contributed by atoms with Crippen LogP contribution in [0.25, 0.3) is 11.1 Å². The molecule has 0 amide bonds. The average molecular weight is 373 g/mol. The second kappa shape index (κ2) is 8.23. The Morgan fingerprint density at radius 3 is 2.36 bits per heavy atom. The van der Waals surface area contributed by atoms with Crippen molar-refractivity contribution in [1.82, 2.24) is 9.88 Å². The molecule has 142 valence electrons. The summed E-state index contributed by atoms with van der Waals surface area (Å²) in [7, 11) is 0. The Bertz CT molecular complexity index is 937. The van der Waals surface area contributed by atoms with Crippen LogP contribution in [-0.4, -0.2) is 47.1 Å². The summed E-state index contributed by atoms with van der Waals surface area (Å²) < 4.78 is 0. The average Bonchev–Trinajstić information content (AvgIpc) is 2.75. The zero-order valence-electron chi connectivity index (χ0n) is 15.7. The van der Waals surface area contributed by atoms with Crippen molar-refractivity contribution in [3.05, 3.63) is 84.1 Å². The molecule has 5 heteroatoms. The standard InChI is InChI=1S/C23H23N3O2/c27-23(28)19-9-10-21(18-6-2-1-3-7-18)20(16-19)17-25-12-14-26(15-13-25)22-8-4-5-11-24-22/h1-11,16H,12-15,17H2,(H,27,28). The van der Waals surface area contributed by atoms with Crippen molar-refractivity contribution in [1.29, 1.82) is 0 Å². The number of aromatic carboxylic acids is 1. The third-order valence-electron chi connectivity index (χ3n) is 5.18. The normalized spacial score (nSPS) is 14.8. The lowest BCUT2D eigenvalue weighted by Crippen LogP contribution is -2.46. The van der Waals surface area contributed by atoms with Gasteiger partial charge in [0.1, 0.15) is 5.82 Å². The molecule has 1 aromatic heterocycles. The lowest BCUT2D eigenvalue weighted by molar-refractivity contribution is 0.0696. The van der Waals surface area contributed by atoms with Gasteiger partial charge in [0.25, 0.3) is 0 Å². The first-order chi connectivity index (χ1) is 13.7. The van der Waals surface area contributed by atoms with Gasteiger partial charge in [0.2, 0.25) is 0 Å². The van der Waals surface area contributed by atoms with Gasteiger partial charge in [0.05, 0.1) is 5.56 Å². The summed E-state index contributed by atoms with van der Waals surface area (Å²) in [6, 6.07) is 21.6. The van der Waals surface area contributed by atoms with Crippen molar-refractivity contribution >= 4 is 11.8 Å². The molecular weight excluding hydrogens is 350 g/mol. The van der Waals surface area contributed by atoms with E-state index < -0.39 is 5.97 Å². The van der Waals surface area contributed by atoms with E-state index in [-0.39, 0.29) is 0 Å². The number of aromatic nitrogens is 1. The highest BCUT2D eigenvalue weighted by Crippen LogP contribution is 2.26. The molecule has 28 heavy (non-hydrogen) atoms. The van der Waals surface area contributed by atoms with Crippen LogP contribution in [0.3, 0.4) is 0 Å². The Morgan fingerprint density at radius 2 is 1.68 bits per heavy atom. The summed E-state index contributed by atoms with van der Waals surface area (Å²) in [5, 5.41) is 9.41. The molecule has 1 aliphatic rings. The lowest BCUT2D eigenvalue weighted by Gasteiger charge is -2.35. The second-order valence-corrected chi connectivity index (χ2v) is 6.99. The molecule has 1 N–H and O–H groups in total. The van der Waals surface area contributed by atoms with E-state index in [1.165, 1.54) is 0 Å². The first-order valence-corrected chi connectivity index (χ1v) is 9.51. The highest BCUT2D eigenvalue weighted by Gasteiger charge is 2.20. The molecule has 1 saturated heterocycles. The van der Waals surface area contributed by atoms with Crippen molar-refractivity contribution in [2.45, 2.75) is 6.54 Å². The van der Waals surface area contributed by atoms with Gasteiger partial charge in [-0.3, -0.25) is 4.90 Å². The van der Waals surface area contributed by atoms with Gasteiger partial charge in [0, 0.05) is 38.9 Å². The first kappa shape index (κ1) is 18.2. The quantitative estimate of drug-likeness (QED) is 0.738. The number of carboxylic acid groups (broad SMARTS) is 1. The predicted molar refractivity (Wildman–Crippen MR) is 111 cm³/mol. The SMILES string of the molecule is O=C(O)c1ccc(-c2ccccc2)c(CN2CCN(c3ccccn3)CC2)c1. The zero-order chi connectivity index (χ0) is 19.3. The molecular formula is C23H23N3O2. The van der Waals surface area contributed by atoms with Crippen LogP contribution in [0.2, 0.25) is 0 Å². The molecule has 0 spiro atoms. The lowest BCUT2D eigenvalue weighted by atomic mass is 9.97. The van der Waals surface area contributed by atoms with Gasteiger partial charge in [0.15, 0.2) is 0 Å². The number of rotatable bonds is 5. The van der Waals surface area contributed by atoms with Gasteiger partial charge in [-0.15, -0.1) is 0 Å². The molecule has 0 aliphatic carbocycles. The minimum absolute atomic E-state index is 0.335. The summed E-state index contributed by atoms with van der Waals surface area (Å²) in [5.74, 6) is 0.126. The van der Waals surface area contributed by atoms with Gasteiger partial charge < -0.3 is 10.0 Å². The third kappa shape index (κ3) is 4.05. The Labute approximate surface area is 164 Å². The van der Waals surface area contributed by atoms with E-state index in [1.807, 2.05) is 54.7 Å². The maximum absolute atomic E-state index is 11.5. The molecule has 3 aromatic rings. The molecule has 0 unspecified atom stereocenters. The Balaban J connectivity index is 1.52. The van der Waals surface area contributed by atoms with Crippen LogP contribution in [0.1, 0.15) is 15.9 Å². The smallest absolute Gasteiger partial charge is 0.335 e. The summed E-state index contributed by atoms with van der Waals surface area (Å²) in [6.45, 7) is 4.40. The Morgan fingerprint density at radius 1 is 0.929 bits per heavy atom. The number of pyridine rings is 1. The topological polar surface area (TPSA) is 56.7 Å². The van der Waals surface area contributed by atoms with E-state index in [9.17, 15) is 9.90 Å². The summed E-state index contributed by atoms with van der Waals surface area (Å²) in [5.41, 5.74) is 3.60. The minimum Gasteiger partial charge on any atom is -0.478 e. The van der Waals surface area contributed by atoms with Crippen LogP contribution in [0.4, 0.5) is 5.82 Å². The largest absolute Gasteiger partial charge is 0.478 e. The van der Waals surface area contributed by atoms with Gasteiger partial charge in [-0.1, -0.05) is 42.5 Å². The number of carbonyl (C=O) groups is 1. The number of benzene rings is 2. The Kier molecular flexibility index (Phi) is 5.35. The fourth-order valence-corrected chi connectivity index (χ4v) is 3.67. The summed E-state index contributed by atoms with van der Waals surface area (Å²) in [6.07, 6.45) is 1.82. The predicted octanol–water partition coefficient (Wildman–Crippen LogP) is 3.77. The van der Waals surface area contributed by atoms with E-state index in [2.05, 4.69) is 26.9 Å². The van der Waals surface area contributed by atoms with Crippen LogP contribution in [-0.2, 0) is 6.54 Å². The van der Waals surface area contributed by atoms with Gasteiger partial charge in [-0.05, 0) is 41.0 Å². The molecule has 0 saturated carbocycles. The van der Waals surface area contributed by atoms with Gasteiger partial charge in [-0.25, -0.2) is 9.78 Å². The van der Waals surface area contributed by atoms with Gasteiger partial charge >= 0.3 is 5.97 Å². The molecule has 2 heterocycles. The molecule has 5 nitrogen and oxygen atoms in total. The number of anilines is 1. The second-order valence-electron chi connectivity index (χ2n) is 6.99. The zero-order valence-corrected chi connectivity index (χ0v) is 15.7. The van der Waals surface area contributed by atoms with Gasteiger partial charge in [-0.2, -0.15) is 0 Å². The molecule has 2 aromatic carbocycles. The number of hydrogen-bond acceptors (Lipinski definition) is 4. The molecule has 1 aliphatic heterocycles. The van der Waals surface area contributed by atoms with E-state index in [0.717, 1.165) is 55.2 Å². The third-order valence-corrected chi connectivity index (χ3v) is 5.18. The summed E-state index contributed by atoms with van der Waals surface area (Å²) in [4.78, 5) is 20.6. The van der Waals surface area contributed by atoms with E-state index in [1.54, 1.807) is 6.07 Å². The monoisotopic (exact) mass is 373 g/mol. The Hall–Kier alpha value is -3.18. The first-order valence-electron chi connectivity index (χ1n) is 9.51. The fraction of sp³-hybridized carbons (Fsp3) is 0.217. The van der Waals surface area contributed by atoms with E-state index >= 15 is 0 Å². The highest BCUT2D eigenvalue weighted by atomic mass is 16.4. The molecule has 0 bridgehead atoms. The van der Waals surface area contributed by atoms with E-state index in [4.69, 9.17) is 0 Å². The molecule has 0 atom stereocenters. The van der Waals surface area contributed by atoms with Crippen LogP contribution in [0.15, 0.2) is 72.9 Å². The number of carboxylic acids is 1. The molecule has 0 radical (unpaired) electrons. The van der Waals surface area contributed by atoms with Crippen LogP contribution in [0, 0.1) is 0 Å². The van der Waals surface area contributed by atoms with Crippen molar-refractivity contribution in [3.8, 4) is 11.1 Å². The van der Waals surface area contributed by atoms with Crippen molar-refractivity contribution in [3.63, 3.8) is 0 Å². The molecule has 1 fully saturated rings. The summed E-state index contributed by atoms with van der Waals surface area (Å²) >= 11 is 0. The minimum atomic E-state index is -0.888. The van der Waals surface area contributed by atoms with Crippen molar-refractivity contribution < 1.29 is 9.90 Å². The number of piperazine rings is 1.